The predicted octanol–water partition coefficient (Wildman–Crippen LogP) is 3.66. The van der Waals surface area contributed by atoms with Crippen LogP contribution in [0, 0.1) is 5.82 Å². The summed E-state index contributed by atoms with van der Waals surface area (Å²) in [6, 6.07) is 6.24. The number of guanidine groups is 1. The molecule has 0 fully saturated rings. The van der Waals surface area contributed by atoms with Crippen LogP contribution in [0.3, 0.4) is 0 Å². The van der Waals surface area contributed by atoms with Crippen molar-refractivity contribution in [2.75, 3.05) is 27.2 Å². The van der Waals surface area contributed by atoms with Gasteiger partial charge in [0.1, 0.15) is 10.8 Å². The Hall–Kier alpha value is -2.20. The molecule has 0 saturated carbocycles. The van der Waals surface area contributed by atoms with Crippen molar-refractivity contribution < 1.29 is 17.6 Å². The van der Waals surface area contributed by atoms with Crippen molar-refractivity contribution in [3.05, 3.63) is 51.7 Å². The predicted molar refractivity (Wildman–Crippen MR) is 103 cm³/mol. The van der Waals surface area contributed by atoms with E-state index in [4.69, 9.17) is 0 Å². The molecule has 0 aliphatic rings. The van der Waals surface area contributed by atoms with Gasteiger partial charge in [-0.15, -0.1) is 11.3 Å². The van der Waals surface area contributed by atoms with E-state index in [1.54, 1.807) is 6.07 Å². The van der Waals surface area contributed by atoms with Crippen molar-refractivity contribution in [3.63, 3.8) is 0 Å². The van der Waals surface area contributed by atoms with Gasteiger partial charge in [0.2, 0.25) is 0 Å². The van der Waals surface area contributed by atoms with Crippen molar-refractivity contribution in [3.8, 4) is 0 Å². The maximum atomic E-state index is 13.5. The van der Waals surface area contributed by atoms with Gasteiger partial charge in [-0.05, 0) is 38.7 Å². The highest BCUT2D eigenvalue weighted by atomic mass is 32.1. The average molecular weight is 417 g/mol. The van der Waals surface area contributed by atoms with Crippen molar-refractivity contribution in [2.24, 2.45) is 4.99 Å². The zero-order valence-electron chi connectivity index (χ0n) is 15.8. The van der Waals surface area contributed by atoms with Gasteiger partial charge in [0.05, 0.1) is 12.6 Å². The van der Waals surface area contributed by atoms with E-state index in [9.17, 15) is 17.6 Å². The monoisotopic (exact) mass is 417 g/mol. The molecule has 0 saturated heterocycles. The summed E-state index contributed by atoms with van der Waals surface area (Å²) >= 11 is 0.921. The number of halogens is 4. The summed E-state index contributed by atoms with van der Waals surface area (Å²) in [4.78, 5) is 9.83. The highest BCUT2D eigenvalue weighted by Crippen LogP contribution is 2.30. The highest BCUT2D eigenvalue weighted by molar-refractivity contribution is 7.09. The lowest BCUT2D eigenvalue weighted by Crippen LogP contribution is -2.41. The van der Waals surface area contributed by atoms with Gasteiger partial charge in [-0.3, -0.25) is 0 Å². The number of likely N-dealkylation sites (N-methyl/N-ethyl adjacent to an activating group) is 1. The van der Waals surface area contributed by atoms with Gasteiger partial charge >= 0.3 is 6.18 Å². The number of aliphatic imine (C=N–C) groups is 1. The molecule has 10 heteroatoms. The Morgan fingerprint density at radius 3 is 2.61 bits per heavy atom. The summed E-state index contributed by atoms with van der Waals surface area (Å²) < 4.78 is 51.5. The normalized spacial score (nSPS) is 13.6. The van der Waals surface area contributed by atoms with Crippen molar-refractivity contribution in [1.29, 1.82) is 0 Å². The number of hydrogen-bond donors (Lipinski definition) is 2. The number of thiazole rings is 1. The second-order valence-corrected chi connectivity index (χ2v) is 7.18. The summed E-state index contributed by atoms with van der Waals surface area (Å²) in [5, 5.41) is 7.46. The van der Waals surface area contributed by atoms with Crippen LogP contribution in [0.1, 0.15) is 29.2 Å². The molecule has 2 aromatic rings. The molecule has 5 nitrogen and oxygen atoms in total. The zero-order valence-corrected chi connectivity index (χ0v) is 16.7. The third kappa shape index (κ3) is 6.45. The topological polar surface area (TPSA) is 52.6 Å². The number of alkyl halides is 3. The van der Waals surface area contributed by atoms with Crippen LogP contribution in [0.5, 0.6) is 0 Å². The third-order valence-corrected chi connectivity index (χ3v) is 4.71. The maximum absolute atomic E-state index is 13.5. The lowest BCUT2D eigenvalue weighted by atomic mass is 10.1. The van der Waals surface area contributed by atoms with Crippen LogP contribution in [-0.4, -0.2) is 43.0 Å². The molecule has 1 aromatic carbocycles. The first-order chi connectivity index (χ1) is 13.2. The lowest BCUT2D eigenvalue weighted by molar-refractivity contribution is -0.140. The summed E-state index contributed by atoms with van der Waals surface area (Å²) in [6.07, 6.45) is -4.45. The molecule has 28 heavy (non-hydrogen) atoms. The van der Waals surface area contributed by atoms with Crippen LogP contribution < -0.4 is 10.6 Å². The smallest absolute Gasteiger partial charge is 0.357 e. The molecule has 0 aliphatic heterocycles. The van der Waals surface area contributed by atoms with Gasteiger partial charge in [0.15, 0.2) is 11.7 Å². The molecule has 0 aliphatic carbocycles. The number of hydrogen-bond acceptors (Lipinski definition) is 4. The van der Waals surface area contributed by atoms with E-state index in [0.29, 0.717) is 19.0 Å². The van der Waals surface area contributed by atoms with Crippen molar-refractivity contribution in [1.82, 2.24) is 20.5 Å². The minimum atomic E-state index is -4.45. The first-order valence-electron chi connectivity index (χ1n) is 8.66. The van der Waals surface area contributed by atoms with Crippen molar-refractivity contribution >= 4 is 17.3 Å². The van der Waals surface area contributed by atoms with Crippen molar-refractivity contribution in [2.45, 2.75) is 25.7 Å². The van der Waals surface area contributed by atoms with Gasteiger partial charge in [0.25, 0.3) is 0 Å². The second-order valence-electron chi connectivity index (χ2n) is 6.23. The number of aromatic nitrogens is 1. The maximum Gasteiger partial charge on any atom is 0.434 e. The Bertz CT molecular complexity index is 788. The summed E-state index contributed by atoms with van der Waals surface area (Å²) in [5.74, 6) is 0.142. The Labute approximate surface area is 165 Å². The zero-order chi connectivity index (χ0) is 20.7. The summed E-state index contributed by atoms with van der Waals surface area (Å²) in [7, 11) is 3.77. The van der Waals surface area contributed by atoms with Crippen LogP contribution in [-0.2, 0) is 12.7 Å². The fourth-order valence-electron chi connectivity index (χ4n) is 2.51. The van der Waals surface area contributed by atoms with Gasteiger partial charge in [0, 0.05) is 18.5 Å². The fourth-order valence-corrected chi connectivity index (χ4v) is 3.23. The van der Waals surface area contributed by atoms with Gasteiger partial charge < -0.3 is 15.5 Å². The van der Waals surface area contributed by atoms with E-state index in [2.05, 4.69) is 20.6 Å². The van der Waals surface area contributed by atoms with Gasteiger partial charge in [-0.25, -0.2) is 14.4 Å². The molecule has 0 spiro atoms. The Balaban J connectivity index is 2.06. The Morgan fingerprint density at radius 2 is 2.04 bits per heavy atom. The van der Waals surface area contributed by atoms with Crippen LogP contribution in [0.25, 0.3) is 0 Å². The molecule has 0 radical (unpaired) electrons. The first-order valence-corrected chi connectivity index (χ1v) is 9.54. The quantitative estimate of drug-likeness (QED) is 0.410. The van der Waals surface area contributed by atoms with E-state index in [-0.39, 0.29) is 23.4 Å². The second kappa shape index (κ2) is 9.83. The SMILES string of the molecule is CCNC(=NCc1nc(C(F)(F)F)cs1)NCC(c1cccc(F)c1)N(C)C. The molecule has 154 valence electrons. The van der Waals surface area contributed by atoms with E-state index in [0.717, 1.165) is 22.3 Å². The molecule has 1 atom stereocenters. The number of nitrogens with one attached hydrogen (secondary N) is 2. The van der Waals surface area contributed by atoms with Crippen LogP contribution in [0.4, 0.5) is 17.6 Å². The summed E-state index contributed by atoms with van der Waals surface area (Å²) in [5.41, 5.74) is -0.0949. The lowest BCUT2D eigenvalue weighted by Gasteiger charge is -2.26. The molecule has 2 N–H and O–H groups in total. The minimum absolute atomic E-state index is 0.0304. The first kappa shape index (κ1) is 22.1. The molecule has 1 heterocycles. The van der Waals surface area contributed by atoms with Crippen LogP contribution >= 0.6 is 11.3 Å². The number of benzene rings is 1. The molecular weight excluding hydrogens is 394 g/mol. The molecule has 2 rings (SSSR count). The van der Waals surface area contributed by atoms with Gasteiger partial charge in [-0.2, -0.15) is 13.2 Å². The highest BCUT2D eigenvalue weighted by Gasteiger charge is 2.33. The third-order valence-electron chi connectivity index (χ3n) is 3.88. The standard InChI is InChI=1S/C18H23F4N5S/c1-4-23-17(25-10-16-26-15(11-28-16)18(20,21)22)24-9-14(27(2)3)12-6-5-7-13(19)8-12/h5-8,11,14H,4,9-10H2,1-3H3,(H2,23,24,25). The van der Waals surface area contributed by atoms with E-state index in [1.807, 2.05) is 32.0 Å². The van der Waals surface area contributed by atoms with Crippen LogP contribution in [0.2, 0.25) is 0 Å². The van der Waals surface area contributed by atoms with Crippen LogP contribution in [0.15, 0.2) is 34.6 Å². The summed E-state index contributed by atoms with van der Waals surface area (Å²) in [6.45, 7) is 2.94. The molecule has 0 amide bonds. The molecule has 1 unspecified atom stereocenters. The largest absolute Gasteiger partial charge is 0.434 e. The molecule has 1 aromatic heterocycles. The van der Waals surface area contributed by atoms with E-state index >= 15 is 0 Å². The van der Waals surface area contributed by atoms with E-state index < -0.39 is 11.9 Å². The minimum Gasteiger partial charge on any atom is -0.357 e. The molecular formula is C18H23F4N5S. The Morgan fingerprint density at radius 1 is 1.29 bits per heavy atom. The average Bonchev–Trinajstić information content (AvgIpc) is 3.09. The van der Waals surface area contributed by atoms with Gasteiger partial charge in [-0.1, -0.05) is 12.1 Å². The molecule has 0 bridgehead atoms. The Kier molecular flexibility index (Phi) is 7.76. The number of rotatable bonds is 7. The fraction of sp³-hybridized carbons (Fsp3) is 0.444. The van der Waals surface area contributed by atoms with E-state index in [1.165, 1.54) is 12.1 Å². The number of nitrogens with zero attached hydrogens (tertiary/aromatic N) is 3.